The molecule has 0 spiro atoms. The molecule has 124 valence electrons. The number of carbonyl (C=O) groups is 1. The monoisotopic (exact) mass is 324 g/mol. The van der Waals surface area contributed by atoms with Gasteiger partial charge < -0.3 is 9.73 Å². The van der Waals surface area contributed by atoms with Crippen molar-refractivity contribution in [1.29, 1.82) is 5.26 Å². The van der Waals surface area contributed by atoms with Crippen molar-refractivity contribution in [3.8, 4) is 6.07 Å². The van der Waals surface area contributed by atoms with Crippen molar-refractivity contribution in [3.63, 3.8) is 0 Å². The lowest BCUT2D eigenvalue weighted by atomic mass is 10.0. The maximum atomic E-state index is 12.5. The lowest BCUT2D eigenvalue weighted by Gasteiger charge is -2.14. The summed E-state index contributed by atoms with van der Waals surface area (Å²) in [6.07, 6.45) is 3.68. The molecule has 6 heteroatoms. The average Bonchev–Trinajstić information content (AvgIpc) is 3.16. The Bertz CT molecular complexity index is 791. The smallest absolute Gasteiger partial charge is 0.251 e. The van der Waals surface area contributed by atoms with Crippen LogP contribution in [0.5, 0.6) is 0 Å². The van der Waals surface area contributed by atoms with Gasteiger partial charge in [0.15, 0.2) is 0 Å². The molecule has 1 amide bonds. The van der Waals surface area contributed by atoms with Crippen molar-refractivity contribution >= 4 is 5.91 Å². The van der Waals surface area contributed by atoms with E-state index < -0.39 is 0 Å². The molecule has 0 unspecified atom stereocenters. The van der Waals surface area contributed by atoms with Crippen molar-refractivity contribution in [1.82, 2.24) is 15.5 Å². The molecule has 1 fully saturated rings. The molecule has 2 aromatic rings. The maximum Gasteiger partial charge on any atom is 0.251 e. The fraction of sp³-hybridized carbons (Fsp3) is 0.444. The molecule has 0 aliphatic heterocycles. The first-order valence-electron chi connectivity index (χ1n) is 8.15. The summed E-state index contributed by atoms with van der Waals surface area (Å²) in [5, 5.41) is 19.9. The second-order valence-electron chi connectivity index (χ2n) is 6.41. The van der Waals surface area contributed by atoms with Gasteiger partial charge in [-0.2, -0.15) is 5.26 Å². The van der Waals surface area contributed by atoms with Crippen LogP contribution in [-0.4, -0.2) is 22.1 Å². The molecule has 1 aliphatic carbocycles. The summed E-state index contributed by atoms with van der Waals surface area (Å²) < 4.78 is 5.43. The summed E-state index contributed by atoms with van der Waals surface area (Å²) >= 11 is 0. The van der Waals surface area contributed by atoms with Crippen molar-refractivity contribution in [2.75, 3.05) is 0 Å². The number of aromatic nitrogens is 2. The summed E-state index contributed by atoms with van der Waals surface area (Å²) in [4.78, 5) is 12.5. The zero-order valence-electron chi connectivity index (χ0n) is 13.9. The van der Waals surface area contributed by atoms with Crippen LogP contribution < -0.4 is 5.32 Å². The number of nitriles is 1. The van der Waals surface area contributed by atoms with Crippen LogP contribution in [0.1, 0.15) is 52.5 Å². The lowest BCUT2D eigenvalue weighted by molar-refractivity contribution is 0.0936. The Morgan fingerprint density at radius 2 is 2.21 bits per heavy atom. The second-order valence-corrected chi connectivity index (χ2v) is 6.41. The lowest BCUT2D eigenvalue weighted by Crippen LogP contribution is -2.33. The molecule has 1 aromatic heterocycles. The molecule has 1 heterocycles. The van der Waals surface area contributed by atoms with Crippen LogP contribution in [-0.2, 0) is 6.42 Å². The third kappa shape index (κ3) is 3.62. The number of rotatable bonds is 4. The molecule has 1 aliphatic rings. The van der Waals surface area contributed by atoms with E-state index in [1.165, 1.54) is 0 Å². The van der Waals surface area contributed by atoms with Crippen LogP contribution in [0, 0.1) is 31.1 Å². The van der Waals surface area contributed by atoms with Gasteiger partial charge in [-0.05, 0) is 55.9 Å². The van der Waals surface area contributed by atoms with Crippen LogP contribution in [0.2, 0.25) is 0 Å². The van der Waals surface area contributed by atoms with Crippen LogP contribution in [0.15, 0.2) is 22.6 Å². The zero-order valence-corrected chi connectivity index (χ0v) is 13.9. The molecule has 1 N–H and O–H groups in total. The van der Waals surface area contributed by atoms with E-state index in [9.17, 15) is 4.79 Å². The molecule has 2 atom stereocenters. The standard InChI is InChI=1S/C18H20N4O2/c1-11-7-14(10-19)4-6-16(11)18(23)20-15-5-3-13(8-15)9-17-22-21-12(2)24-17/h4,6-7,13,15H,3,5,8-9H2,1-2H3,(H,20,23)/t13-,15+/m1/s1. The highest BCUT2D eigenvalue weighted by Gasteiger charge is 2.28. The van der Waals surface area contributed by atoms with E-state index in [1.807, 2.05) is 6.92 Å². The molecule has 0 saturated heterocycles. The minimum absolute atomic E-state index is 0.0729. The van der Waals surface area contributed by atoms with E-state index in [4.69, 9.17) is 9.68 Å². The van der Waals surface area contributed by atoms with E-state index in [-0.39, 0.29) is 11.9 Å². The molecule has 1 saturated carbocycles. The highest BCUT2D eigenvalue weighted by Crippen LogP contribution is 2.28. The topological polar surface area (TPSA) is 91.8 Å². The maximum absolute atomic E-state index is 12.5. The Kier molecular flexibility index (Phi) is 4.61. The van der Waals surface area contributed by atoms with Crippen molar-refractivity contribution in [2.45, 2.75) is 45.6 Å². The molecule has 1 aromatic carbocycles. The van der Waals surface area contributed by atoms with Gasteiger partial charge in [-0.25, -0.2) is 0 Å². The molecular formula is C18H20N4O2. The molecule has 3 rings (SSSR count). The Morgan fingerprint density at radius 1 is 1.38 bits per heavy atom. The van der Waals surface area contributed by atoms with Gasteiger partial charge in [0.2, 0.25) is 11.8 Å². The fourth-order valence-corrected chi connectivity index (χ4v) is 3.31. The molecule has 0 radical (unpaired) electrons. The van der Waals surface area contributed by atoms with Gasteiger partial charge >= 0.3 is 0 Å². The van der Waals surface area contributed by atoms with Gasteiger partial charge in [-0.1, -0.05) is 0 Å². The van der Waals surface area contributed by atoms with Crippen molar-refractivity contribution in [3.05, 3.63) is 46.7 Å². The fourth-order valence-electron chi connectivity index (χ4n) is 3.31. The first kappa shape index (κ1) is 16.2. The molecule has 24 heavy (non-hydrogen) atoms. The summed E-state index contributed by atoms with van der Waals surface area (Å²) in [5.74, 6) is 1.64. The van der Waals surface area contributed by atoms with Crippen LogP contribution in [0.3, 0.4) is 0 Å². The Hall–Kier alpha value is -2.68. The highest BCUT2D eigenvalue weighted by atomic mass is 16.4. The second kappa shape index (κ2) is 6.83. The third-order valence-electron chi connectivity index (χ3n) is 4.51. The van der Waals surface area contributed by atoms with E-state index in [0.717, 1.165) is 31.2 Å². The number of benzene rings is 1. The summed E-state index contributed by atoms with van der Waals surface area (Å²) in [5.41, 5.74) is 2.02. The first-order valence-corrected chi connectivity index (χ1v) is 8.15. The quantitative estimate of drug-likeness (QED) is 0.933. The van der Waals surface area contributed by atoms with Gasteiger partial charge in [0.25, 0.3) is 5.91 Å². The Morgan fingerprint density at radius 3 is 2.88 bits per heavy atom. The summed E-state index contributed by atoms with van der Waals surface area (Å²) in [6, 6.07) is 7.39. The minimum atomic E-state index is -0.0729. The molecular weight excluding hydrogens is 304 g/mol. The highest BCUT2D eigenvalue weighted by molar-refractivity contribution is 5.96. The zero-order chi connectivity index (χ0) is 17.1. The number of hydrogen-bond acceptors (Lipinski definition) is 5. The average molecular weight is 324 g/mol. The molecule has 0 bridgehead atoms. The SMILES string of the molecule is Cc1nnc(C[C@@H]2CC[C@H](NC(=O)c3ccc(C#N)cc3C)C2)o1. The van der Waals surface area contributed by atoms with E-state index in [0.29, 0.717) is 28.8 Å². The van der Waals surface area contributed by atoms with Crippen molar-refractivity contribution < 1.29 is 9.21 Å². The minimum Gasteiger partial charge on any atom is -0.426 e. The van der Waals surface area contributed by atoms with Gasteiger partial charge in [0.1, 0.15) is 0 Å². The Balaban J connectivity index is 1.57. The third-order valence-corrected chi connectivity index (χ3v) is 4.51. The molecule has 6 nitrogen and oxygen atoms in total. The number of nitrogens with zero attached hydrogens (tertiary/aromatic N) is 3. The van der Waals surface area contributed by atoms with E-state index in [1.54, 1.807) is 25.1 Å². The van der Waals surface area contributed by atoms with Crippen LogP contribution in [0.25, 0.3) is 0 Å². The van der Waals surface area contributed by atoms with Gasteiger partial charge in [0.05, 0.1) is 11.6 Å². The van der Waals surface area contributed by atoms with Crippen LogP contribution in [0.4, 0.5) is 0 Å². The largest absolute Gasteiger partial charge is 0.426 e. The Labute approximate surface area is 140 Å². The van der Waals surface area contributed by atoms with Crippen LogP contribution >= 0.6 is 0 Å². The first-order chi connectivity index (χ1) is 11.5. The normalized spacial score (nSPS) is 19.9. The number of nitrogens with one attached hydrogen (secondary N) is 1. The number of carbonyl (C=O) groups excluding carboxylic acids is 1. The van der Waals surface area contributed by atoms with Crippen molar-refractivity contribution in [2.24, 2.45) is 5.92 Å². The van der Waals surface area contributed by atoms with Gasteiger partial charge in [-0.3, -0.25) is 4.79 Å². The predicted octanol–water partition coefficient (Wildman–Crippen LogP) is 2.70. The van der Waals surface area contributed by atoms with Gasteiger partial charge in [0, 0.05) is 24.9 Å². The number of aryl methyl sites for hydroxylation is 2. The number of hydrogen-bond donors (Lipinski definition) is 1. The summed E-state index contributed by atoms with van der Waals surface area (Å²) in [6.45, 7) is 3.64. The summed E-state index contributed by atoms with van der Waals surface area (Å²) in [7, 11) is 0. The predicted molar refractivity (Wildman–Crippen MR) is 87.2 cm³/mol. The van der Waals surface area contributed by atoms with Gasteiger partial charge in [-0.15, -0.1) is 10.2 Å². The van der Waals surface area contributed by atoms with E-state index >= 15 is 0 Å². The number of amides is 1. The van der Waals surface area contributed by atoms with E-state index in [2.05, 4.69) is 21.6 Å².